The number of benzene rings is 1. The van der Waals surface area contributed by atoms with Crippen LogP contribution in [0.1, 0.15) is 5.56 Å². The summed E-state index contributed by atoms with van der Waals surface area (Å²) in [4.78, 5) is 7.88. The normalized spacial score (nSPS) is 10.0. The fourth-order valence-electron chi connectivity index (χ4n) is 1.82. The number of nitrogens with two attached hydrogens (primary N) is 2. The second-order valence-corrected chi connectivity index (χ2v) is 4.79. The molecular weight excluding hydrogens is 338 g/mol. The van der Waals surface area contributed by atoms with E-state index < -0.39 is 0 Å². The second kappa shape index (κ2) is 5.85. The van der Waals surface area contributed by atoms with Crippen LogP contribution >= 0.6 is 15.9 Å². The molecule has 0 aliphatic rings. The van der Waals surface area contributed by atoms with Crippen molar-refractivity contribution in [2.24, 2.45) is 0 Å². The van der Waals surface area contributed by atoms with Gasteiger partial charge in [0.1, 0.15) is 33.4 Å². The van der Waals surface area contributed by atoms with E-state index in [-0.39, 0.29) is 17.3 Å². The maximum atomic E-state index is 9.24. The molecule has 0 bridgehead atoms. The summed E-state index contributed by atoms with van der Waals surface area (Å²) in [6, 6.07) is 5.39. The molecule has 0 aliphatic heterocycles. The van der Waals surface area contributed by atoms with Gasteiger partial charge in [-0.1, -0.05) is 0 Å². The summed E-state index contributed by atoms with van der Waals surface area (Å²) in [5, 5.41) is 9.24. The van der Waals surface area contributed by atoms with Crippen molar-refractivity contribution in [1.82, 2.24) is 9.97 Å². The lowest BCUT2D eigenvalue weighted by Crippen LogP contribution is -2.05. The van der Waals surface area contributed by atoms with Gasteiger partial charge < -0.3 is 20.9 Å². The first kappa shape index (κ1) is 14.9. The van der Waals surface area contributed by atoms with Crippen molar-refractivity contribution in [2.75, 3.05) is 25.7 Å². The van der Waals surface area contributed by atoms with Crippen molar-refractivity contribution in [3.63, 3.8) is 0 Å². The summed E-state index contributed by atoms with van der Waals surface area (Å²) in [6.45, 7) is 0. The van der Waals surface area contributed by atoms with E-state index in [0.717, 1.165) is 0 Å². The van der Waals surface area contributed by atoms with E-state index >= 15 is 0 Å². The molecule has 4 N–H and O–H groups in total. The van der Waals surface area contributed by atoms with E-state index in [1.807, 2.05) is 6.07 Å². The van der Waals surface area contributed by atoms with Crippen molar-refractivity contribution in [3.05, 3.63) is 22.2 Å². The van der Waals surface area contributed by atoms with Crippen LogP contribution in [0, 0.1) is 11.3 Å². The van der Waals surface area contributed by atoms with Gasteiger partial charge in [0.25, 0.3) is 0 Å². The third kappa shape index (κ3) is 2.68. The molecule has 8 heteroatoms. The Morgan fingerprint density at radius 3 is 2.19 bits per heavy atom. The number of methoxy groups -OCH3 is 2. The topological polar surface area (TPSA) is 120 Å². The Kier molecular flexibility index (Phi) is 4.14. The number of halogens is 1. The van der Waals surface area contributed by atoms with Gasteiger partial charge >= 0.3 is 0 Å². The summed E-state index contributed by atoms with van der Waals surface area (Å²) in [5.41, 5.74) is 12.4. The van der Waals surface area contributed by atoms with E-state index in [4.69, 9.17) is 20.9 Å². The minimum Gasteiger partial charge on any atom is -0.495 e. The summed E-state index contributed by atoms with van der Waals surface area (Å²) < 4.78 is 11.2. The molecule has 0 fully saturated rings. The molecule has 108 valence electrons. The summed E-state index contributed by atoms with van der Waals surface area (Å²) in [6.07, 6.45) is 0. The molecule has 7 nitrogen and oxygen atoms in total. The zero-order valence-electron chi connectivity index (χ0n) is 11.3. The Morgan fingerprint density at radius 2 is 1.71 bits per heavy atom. The van der Waals surface area contributed by atoms with Crippen LogP contribution in [0.3, 0.4) is 0 Å². The van der Waals surface area contributed by atoms with Crippen molar-refractivity contribution in [1.29, 1.82) is 5.26 Å². The molecule has 0 aliphatic carbocycles. The average Bonchev–Trinajstić information content (AvgIpc) is 2.46. The Labute approximate surface area is 129 Å². The number of nitrogen functional groups attached to an aromatic ring is 2. The smallest absolute Gasteiger partial charge is 0.222 e. The highest BCUT2D eigenvalue weighted by atomic mass is 79.9. The lowest BCUT2D eigenvalue weighted by Gasteiger charge is -2.12. The quantitative estimate of drug-likeness (QED) is 0.868. The number of nitriles is 1. The van der Waals surface area contributed by atoms with E-state index in [1.165, 1.54) is 14.2 Å². The van der Waals surface area contributed by atoms with Gasteiger partial charge in [-0.25, -0.2) is 4.98 Å². The van der Waals surface area contributed by atoms with Crippen LogP contribution < -0.4 is 20.9 Å². The van der Waals surface area contributed by atoms with Crippen molar-refractivity contribution < 1.29 is 9.47 Å². The molecule has 0 unspecified atom stereocenters. The summed E-state index contributed by atoms with van der Waals surface area (Å²) >= 11 is 3.38. The minimum atomic E-state index is -0.0117. The highest BCUT2D eigenvalue weighted by molar-refractivity contribution is 9.10. The first-order chi connectivity index (χ1) is 10.0. The third-order valence-corrected chi connectivity index (χ3v) is 3.57. The number of anilines is 2. The molecule has 1 aromatic heterocycles. The number of hydrogen-bond donors (Lipinski definition) is 2. The highest BCUT2D eigenvalue weighted by Gasteiger charge is 2.17. The molecule has 21 heavy (non-hydrogen) atoms. The number of ether oxygens (including phenoxy) is 2. The molecule has 0 saturated heterocycles. The molecule has 0 saturated carbocycles. The van der Waals surface area contributed by atoms with E-state index in [1.54, 1.807) is 12.1 Å². The van der Waals surface area contributed by atoms with Gasteiger partial charge in [-0.2, -0.15) is 10.2 Å². The predicted molar refractivity (Wildman–Crippen MR) is 81.8 cm³/mol. The fourth-order valence-corrected chi connectivity index (χ4v) is 2.37. The molecule has 0 radical (unpaired) electrons. The first-order valence-electron chi connectivity index (χ1n) is 5.76. The van der Waals surface area contributed by atoms with Gasteiger partial charge in [0, 0.05) is 5.56 Å². The first-order valence-corrected chi connectivity index (χ1v) is 6.56. The molecule has 2 rings (SSSR count). The lowest BCUT2D eigenvalue weighted by atomic mass is 10.1. The Hall–Kier alpha value is -2.53. The molecule has 2 aromatic rings. The van der Waals surface area contributed by atoms with Crippen LogP contribution in [0.2, 0.25) is 0 Å². The number of hydrogen-bond acceptors (Lipinski definition) is 7. The third-order valence-electron chi connectivity index (χ3n) is 2.79. The maximum absolute atomic E-state index is 9.24. The monoisotopic (exact) mass is 349 g/mol. The van der Waals surface area contributed by atoms with Gasteiger partial charge in [0.15, 0.2) is 0 Å². The Bertz CT molecular complexity index is 717. The van der Waals surface area contributed by atoms with Crippen LogP contribution in [0.15, 0.2) is 16.6 Å². The molecular formula is C13H12BrN5O2. The van der Waals surface area contributed by atoms with Crippen molar-refractivity contribution in [3.8, 4) is 28.8 Å². The maximum Gasteiger partial charge on any atom is 0.222 e. The summed E-state index contributed by atoms with van der Waals surface area (Å²) in [5.74, 6) is 1.08. The molecule has 0 atom stereocenters. The predicted octanol–water partition coefficient (Wildman–Crippen LogP) is 1.96. The SMILES string of the molecule is COc1cc(-c2nc(N)nc(N)c2C#N)cc(OC)c1Br. The molecule has 1 heterocycles. The summed E-state index contributed by atoms with van der Waals surface area (Å²) in [7, 11) is 3.05. The standard InChI is InChI=1S/C13H12BrN5O2/c1-20-8-3-6(4-9(21-2)10(8)14)11-7(5-15)12(16)19-13(17)18-11/h3-4H,1-2H3,(H4,16,17,18,19). The zero-order chi connectivity index (χ0) is 15.6. The molecule has 1 aromatic carbocycles. The number of rotatable bonds is 3. The second-order valence-electron chi connectivity index (χ2n) is 4.00. The van der Waals surface area contributed by atoms with Crippen LogP contribution in [0.5, 0.6) is 11.5 Å². The van der Waals surface area contributed by atoms with Gasteiger partial charge in [-0.3, -0.25) is 0 Å². The van der Waals surface area contributed by atoms with Gasteiger partial charge in [-0.15, -0.1) is 0 Å². The van der Waals surface area contributed by atoms with Crippen molar-refractivity contribution in [2.45, 2.75) is 0 Å². The lowest BCUT2D eigenvalue weighted by molar-refractivity contribution is 0.390. The fraction of sp³-hybridized carbons (Fsp3) is 0.154. The van der Waals surface area contributed by atoms with Crippen LogP contribution in [0.25, 0.3) is 11.3 Å². The molecule has 0 amide bonds. The van der Waals surface area contributed by atoms with E-state index in [2.05, 4.69) is 25.9 Å². The van der Waals surface area contributed by atoms with Gasteiger partial charge in [0.05, 0.1) is 19.9 Å². The van der Waals surface area contributed by atoms with E-state index in [9.17, 15) is 5.26 Å². The Balaban J connectivity index is 2.76. The van der Waals surface area contributed by atoms with E-state index in [0.29, 0.717) is 27.2 Å². The highest BCUT2D eigenvalue weighted by Crippen LogP contribution is 2.39. The average molecular weight is 350 g/mol. The zero-order valence-corrected chi connectivity index (χ0v) is 12.9. The largest absolute Gasteiger partial charge is 0.495 e. The van der Waals surface area contributed by atoms with Crippen LogP contribution in [0.4, 0.5) is 11.8 Å². The number of nitrogens with zero attached hydrogens (tertiary/aromatic N) is 3. The minimum absolute atomic E-state index is 0.0117. The van der Waals surface area contributed by atoms with Crippen LogP contribution in [-0.4, -0.2) is 24.2 Å². The van der Waals surface area contributed by atoms with Gasteiger partial charge in [-0.05, 0) is 28.1 Å². The molecule has 0 spiro atoms. The van der Waals surface area contributed by atoms with Gasteiger partial charge in [0.2, 0.25) is 5.95 Å². The Morgan fingerprint density at radius 1 is 1.14 bits per heavy atom. The van der Waals surface area contributed by atoms with Crippen molar-refractivity contribution >= 4 is 27.7 Å². The number of aromatic nitrogens is 2. The van der Waals surface area contributed by atoms with Crippen LogP contribution in [-0.2, 0) is 0 Å².